The quantitative estimate of drug-likeness (QED) is 0.612. The largest absolute Gasteiger partial charge is 2.00 e. The first kappa shape index (κ1) is 15.2. The summed E-state index contributed by atoms with van der Waals surface area (Å²) in [6.07, 6.45) is 2.00. The predicted molar refractivity (Wildman–Crippen MR) is 68.9 cm³/mol. The van der Waals surface area contributed by atoms with Crippen molar-refractivity contribution in [3.05, 3.63) is 28.2 Å². The van der Waals surface area contributed by atoms with Gasteiger partial charge in [-0.3, -0.25) is 0 Å². The molecule has 0 spiro atoms. The van der Waals surface area contributed by atoms with Crippen molar-refractivity contribution in [2.24, 2.45) is 0 Å². The van der Waals surface area contributed by atoms with Gasteiger partial charge in [-0.15, -0.1) is 0 Å². The van der Waals surface area contributed by atoms with E-state index in [4.69, 9.17) is 9.47 Å². The van der Waals surface area contributed by atoms with E-state index in [-0.39, 0.29) is 25.9 Å². The van der Waals surface area contributed by atoms with Gasteiger partial charge >= 0.3 is 23.1 Å². The number of ether oxygens (including phenoxy) is 2. The number of hydrogen-bond acceptors (Lipinski definition) is 2. The Hall–Kier alpha value is 0.226. The maximum atomic E-state index is 5.27. The van der Waals surface area contributed by atoms with E-state index in [1.54, 1.807) is 14.2 Å². The van der Waals surface area contributed by atoms with Gasteiger partial charge in [0.25, 0.3) is 0 Å². The van der Waals surface area contributed by atoms with E-state index in [1.807, 2.05) is 12.1 Å². The molecule has 15 heavy (non-hydrogen) atoms. The summed E-state index contributed by atoms with van der Waals surface area (Å²) < 4.78 is 11.4. The minimum Gasteiger partial charge on any atom is -1.00 e. The molecule has 0 amide bonds. The second-order valence-corrected chi connectivity index (χ2v) is 3.97. The van der Waals surface area contributed by atoms with Crippen LogP contribution in [0.5, 0.6) is 5.75 Å². The Kier molecular flexibility index (Phi) is 8.51. The molecule has 0 aliphatic heterocycles. The average molecular weight is 285 g/mol. The van der Waals surface area contributed by atoms with Crippen LogP contribution in [0.15, 0.2) is 22.7 Å². The van der Waals surface area contributed by atoms with Gasteiger partial charge in [-0.2, -0.15) is 0 Å². The monoisotopic (exact) mass is 284 g/mol. The van der Waals surface area contributed by atoms with Gasteiger partial charge in [0.05, 0.1) is 7.11 Å². The van der Waals surface area contributed by atoms with Crippen LogP contribution in [-0.2, 0) is 11.2 Å². The molecule has 82 valence electrons. The van der Waals surface area contributed by atoms with Crippen molar-refractivity contribution in [3.8, 4) is 5.75 Å². The standard InChI is InChI=1S/C11H15BrO2.Mg.2H/c1-13-7-3-4-9-8-10(12)5-6-11(9)14-2;;;/h5-6,8H,3-4,7H2,1-2H3;;;/q;+2;2*-1. The molecule has 2 nitrogen and oxygen atoms in total. The van der Waals surface area contributed by atoms with Crippen LogP contribution in [0.3, 0.4) is 0 Å². The molecule has 0 saturated heterocycles. The van der Waals surface area contributed by atoms with Crippen molar-refractivity contribution in [2.75, 3.05) is 20.8 Å². The van der Waals surface area contributed by atoms with Crippen molar-refractivity contribution >= 4 is 39.0 Å². The zero-order chi connectivity index (χ0) is 10.4. The smallest absolute Gasteiger partial charge is 1.00 e. The van der Waals surface area contributed by atoms with Crippen LogP contribution >= 0.6 is 15.9 Å². The number of aryl methyl sites for hydroxylation is 1. The van der Waals surface area contributed by atoms with Gasteiger partial charge in [0, 0.05) is 18.2 Å². The molecule has 0 heterocycles. The van der Waals surface area contributed by atoms with Crippen LogP contribution in [-0.4, -0.2) is 43.9 Å². The third kappa shape index (κ3) is 5.20. The number of benzene rings is 1. The average Bonchev–Trinajstić information content (AvgIpc) is 2.19. The molecule has 0 atom stereocenters. The first-order valence-corrected chi connectivity index (χ1v) is 5.38. The second kappa shape index (κ2) is 8.39. The minimum absolute atomic E-state index is 0. The zero-order valence-electron chi connectivity index (χ0n) is 11.3. The van der Waals surface area contributed by atoms with Crippen LogP contribution in [0.2, 0.25) is 0 Å². The van der Waals surface area contributed by atoms with Gasteiger partial charge in [0.1, 0.15) is 5.75 Å². The normalized spacial score (nSPS) is 9.53. The van der Waals surface area contributed by atoms with Crippen LogP contribution in [0, 0.1) is 0 Å². The molecule has 4 heteroatoms. The maximum Gasteiger partial charge on any atom is 2.00 e. The van der Waals surface area contributed by atoms with Crippen LogP contribution in [0.25, 0.3) is 0 Å². The molecule has 0 fully saturated rings. The molecule has 0 saturated carbocycles. The number of hydrogen-bond donors (Lipinski definition) is 0. The van der Waals surface area contributed by atoms with E-state index >= 15 is 0 Å². The Balaban J connectivity index is -0.000000653. The Labute approximate surface area is 119 Å². The molecule has 1 rings (SSSR count). The second-order valence-electron chi connectivity index (χ2n) is 3.05. The molecule has 1 aromatic carbocycles. The molecule has 0 aromatic heterocycles. The predicted octanol–water partition coefficient (Wildman–Crippen LogP) is 2.88. The molecular weight excluding hydrogens is 268 g/mol. The molecule has 0 N–H and O–H groups in total. The van der Waals surface area contributed by atoms with Crippen LogP contribution in [0.1, 0.15) is 14.8 Å². The molecule has 1 aromatic rings. The molecular formula is C11H17BrMgO2. The van der Waals surface area contributed by atoms with Gasteiger partial charge < -0.3 is 12.3 Å². The third-order valence-electron chi connectivity index (χ3n) is 2.04. The van der Waals surface area contributed by atoms with E-state index in [0.29, 0.717) is 0 Å². The van der Waals surface area contributed by atoms with Crippen molar-refractivity contribution < 1.29 is 12.3 Å². The SMILES string of the molecule is COCCCc1cc(Br)ccc1OC.[H-].[H-].[Mg+2]. The molecule has 0 aliphatic rings. The number of rotatable bonds is 5. The van der Waals surface area contributed by atoms with E-state index in [1.165, 1.54) is 5.56 Å². The van der Waals surface area contributed by atoms with Crippen LogP contribution < -0.4 is 4.74 Å². The van der Waals surface area contributed by atoms with Gasteiger partial charge in [-0.05, 0) is 36.6 Å². The minimum atomic E-state index is 0. The Morgan fingerprint density at radius 2 is 2.07 bits per heavy atom. The summed E-state index contributed by atoms with van der Waals surface area (Å²) in [5.41, 5.74) is 1.22. The van der Waals surface area contributed by atoms with E-state index < -0.39 is 0 Å². The summed E-state index contributed by atoms with van der Waals surface area (Å²) in [5.74, 6) is 0.948. The van der Waals surface area contributed by atoms with E-state index in [9.17, 15) is 0 Å². The van der Waals surface area contributed by atoms with Gasteiger partial charge in [0.2, 0.25) is 0 Å². The zero-order valence-corrected chi connectivity index (χ0v) is 12.3. The fourth-order valence-electron chi connectivity index (χ4n) is 1.35. The fraction of sp³-hybridized carbons (Fsp3) is 0.455. The summed E-state index contributed by atoms with van der Waals surface area (Å²) >= 11 is 3.45. The summed E-state index contributed by atoms with van der Waals surface area (Å²) in [7, 11) is 3.42. The van der Waals surface area contributed by atoms with Crippen molar-refractivity contribution in [3.63, 3.8) is 0 Å². The summed E-state index contributed by atoms with van der Waals surface area (Å²) in [4.78, 5) is 0. The molecule has 0 radical (unpaired) electrons. The van der Waals surface area contributed by atoms with Crippen molar-refractivity contribution in [1.82, 2.24) is 0 Å². The van der Waals surface area contributed by atoms with Gasteiger partial charge in [-0.1, -0.05) is 15.9 Å². The molecule has 0 aliphatic carbocycles. The van der Waals surface area contributed by atoms with Crippen molar-refractivity contribution in [2.45, 2.75) is 12.8 Å². The maximum absolute atomic E-state index is 5.27. The van der Waals surface area contributed by atoms with E-state index in [2.05, 4.69) is 22.0 Å². The summed E-state index contributed by atoms with van der Waals surface area (Å²) in [6, 6.07) is 6.05. The van der Waals surface area contributed by atoms with Gasteiger partial charge in [0.15, 0.2) is 0 Å². The Bertz CT molecular complexity index is 301. The molecule has 0 bridgehead atoms. The number of halogens is 1. The fourth-order valence-corrected chi connectivity index (χ4v) is 1.76. The Morgan fingerprint density at radius 3 is 2.67 bits per heavy atom. The van der Waals surface area contributed by atoms with Gasteiger partial charge in [-0.25, -0.2) is 0 Å². The Morgan fingerprint density at radius 1 is 1.33 bits per heavy atom. The van der Waals surface area contributed by atoms with E-state index in [0.717, 1.165) is 29.7 Å². The summed E-state index contributed by atoms with van der Waals surface area (Å²) in [6.45, 7) is 0.787. The summed E-state index contributed by atoms with van der Waals surface area (Å²) in [5, 5.41) is 0. The number of methoxy groups -OCH3 is 2. The molecule has 0 unspecified atom stereocenters. The van der Waals surface area contributed by atoms with Crippen LogP contribution in [0.4, 0.5) is 0 Å². The first-order valence-electron chi connectivity index (χ1n) is 4.59. The topological polar surface area (TPSA) is 18.5 Å². The third-order valence-corrected chi connectivity index (χ3v) is 2.53. The first-order chi connectivity index (χ1) is 6.77. The van der Waals surface area contributed by atoms with Crippen molar-refractivity contribution in [1.29, 1.82) is 0 Å².